The van der Waals surface area contributed by atoms with E-state index in [0.717, 1.165) is 5.56 Å². The largest absolute Gasteiger partial charge is 0.466 e. The van der Waals surface area contributed by atoms with E-state index in [9.17, 15) is 9.90 Å². The molecule has 1 aromatic carbocycles. The van der Waals surface area contributed by atoms with Gasteiger partial charge in [-0.15, -0.1) is 0 Å². The molecule has 1 aromatic rings. The number of hydrogen-bond donors (Lipinski definition) is 1. The SMILES string of the molecule is C=C(C(=O)OC)[C@@H](O)c1ccc(C)cc1. The lowest BCUT2D eigenvalue weighted by Gasteiger charge is -2.12. The Kier molecular flexibility index (Phi) is 3.63. The van der Waals surface area contributed by atoms with Crippen molar-refractivity contribution in [2.24, 2.45) is 0 Å². The molecule has 0 unspecified atom stereocenters. The van der Waals surface area contributed by atoms with Crippen LogP contribution < -0.4 is 0 Å². The lowest BCUT2D eigenvalue weighted by Crippen LogP contribution is -2.11. The van der Waals surface area contributed by atoms with E-state index in [0.29, 0.717) is 5.56 Å². The van der Waals surface area contributed by atoms with Crippen LogP contribution in [0.15, 0.2) is 36.4 Å². The Morgan fingerprint density at radius 3 is 2.40 bits per heavy atom. The highest BCUT2D eigenvalue weighted by Crippen LogP contribution is 2.21. The zero-order valence-corrected chi connectivity index (χ0v) is 8.86. The van der Waals surface area contributed by atoms with Gasteiger partial charge in [0, 0.05) is 0 Å². The molecule has 3 heteroatoms. The summed E-state index contributed by atoms with van der Waals surface area (Å²) < 4.78 is 4.48. The predicted octanol–water partition coefficient (Wildman–Crippen LogP) is 1.76. The van der Waals surface area contributed by atoms with Crippen LogP contribution in [-0.4, -0.2) is 18.2 Å². The fraction of sp³-hybridized carbons (Fsp3) is 0.250. The van der Waals surface area contributed by atoms with Gasteiger partial charge in [0.2, 0.25) is 0 Å². The van der Waals surface area contributed by atoms with Gasteiger partial charge >= 0.3 is 5.97 Å². The molecule has 0 aromatic heterocycles. The Labute approximate surface area is 89.0 Å². The second-order valence-corrected chi connectivity index (χ2v) is 3.33. The van der Waals surface area contributed by atoms with Crippen LogP contribution in [0, 0.1) is 6.92 Å². The number of aliphatic hydroxyl groups is 1. The van der Waals surface area contributed by atoms with E-state index in [1.165, 1.54) is 7.11 Å². The number of rotatable bonds is 3. The number of aliphatic hydroxyl groups excluding tert-OH is 1. The van der Waals surface area contributed by atoms with Crippen molar-refractivity contribution in [1.29, 1.82) is 0 Å². The summed E-state index contributed by atoms with van der Waals surface area (Å²) in [6.07, 6.45) is -1.00. The van der Waals surface area contributed by atoms with Crippen LogP contribution in [0.25, 0.3) is 0 Å². The monoisotopic (exact) mass is 206 g/mol. The van der Waals surface area contributed by atoms with Crippen LogP contribution in [0.3, 0.4) is 0 Å². The summed E-state index contributed by atoms with van der Waals surface area (Å²) >= 11 is 0. The minimum Gasteiger partial charge on any atom is -0.466 e. The van der Waals surface area contributed by atoms with Crippen LogP contribution >= 0.6 is 0 Å². The van der Waals surface area contributed by atoms with Crippen molar-refractivity contribution in [2.45, 2.75) is 13.0 Å². The summed E-state index contributed by atoms with van der Waals surface area (Å²) in [5.41, 5.74) is 1.77. The molecule has 0 heterocycles. The highest BCUT2D eigenvalue weighted by Gasteiger charge is 2.18. The van der Waals surface area contributed by atoms with Gasteiger partial charge in [-0.25, -0.2) is 4.79 Å². The van der Waals surface area contributed by atoms with E-state index in [-0.39, 0.29) is 5.57 Å². The van der Waals surface area contributed by atoms with Crippen LogP contribution in [-0.2, 0) is 9.53 Å². The number of aryl methyl sites for hydroxylation is 1. The molecule has 15 heavy (non-hydrogen) atoms. The molecule has 3 nitrogen and oxygen atoms in total. The average Bonchev–Trinajstić information content (AvgIpc) is 2.27. The summed E-state index contributed by atoms with van der Waals surface area (Å²) in [6, 6.07) is 7.24. The molecule has 0 aliphatic carbocycles. The quantitative estimate of drug-likeness (QED) is 0.605. The summed E-state index contributed by atoms with van der Waals surface area (Å²) in [7, 11) is 1.26. The molecule has 0 saturated heterocycles. The standard InChI is InChI=1S/C12H14O3/c1-8-4-6-10(7-5-8)11(13)9(2)12(14)15-3/h4-7,11,13H,2H2,1,3H3/t11-/m1/s1. The van der Waals surface area contributed by atoms with Crippen molar-refractivity contribution >= 4 is 5.97 Å². The van der Waals surface area contributed by atoms with Gasteiger partial charge in [0.1, 0.15) is 6.10 Å². The molecule has 0 spiro atoms. The summed E-state index contributed by atoms with van der Waals surface area (Å²) in [5, 5.41) is 9.78. The third kappa shape index (κ3) is 2.67. The second-order valence-electron chi connectivity index (χ2n) is 3.33. The van der Waals surface area contributed by atoms with Crippen LogP contribution in [0.1, 0.15) is 17.2 Å². The molecular weight excluding hydrogens is 192 g/mol. The molecule has 0 fully saturated rings. The number of methoxy groups -OCH3 is 1. The third-order valence-electron chi connectivity index (χ3n) is 2.17. The molecule has 0 aliphatic heterocycles. The highest BCUT2D eigenvalue weighted by molar-refractivity contribution is 5.88. The van der Waals surface area contributed by atoms with E-state index in [2.05, 4.69) is 11.3 Å². The Morgan fingerprint density at radius 2 is 1.93 bits per heavy atom. The number of ether oxygens (including phenoxy) is 1. The normalized spacial score (nSPS) is 11.9. The van der Waals surface area contributed by atoms with Gasteiger partial charge in [0.05, 0.1) is 12.7 Å². The molecule has 0 bridgehead atoms. The average molecular weight is 206 g/mol. The maximum Gasteiger partial charge on any atom is 0.336 e. The number of carbonyl (C=O) groups excluding carboxylic acids is 1. The molecule has 0 amide bonds. The van der Waals surface area contributed by atoms with Crippen LogP contribution in [0.4, 0.5) is 0 Å². The Morgan fingerprint density at radius 1 is 1.40 bits per heavy atom. The Balaban J connectivity index is 2.85. The van der Waals surface area contributed by atoms with Gasteiger partial charge in [0.25, 0.3) is 0 Å². The highest BCUT2D eigenvalue weighted by atomic mass is 16.5. The van der Waals surface area contributed by atoms with E-state index >= 15 is 0 Å². The first-order valence-electron chi connectivity index (χ1n) is 4.58. The fourth-order valence-electron chi connectivity index (χ4n) is 1.19. The second kappa shape index (κ2) is 4.75. The van der Waals surface area contributed by atoms with Gasteiger partial charge in [-0.3, -0.25) is 0 Å². The molecule has 80 valence electrons. The molecule has 1 N–H and O–H groups in total. The van der Waals surface area contributed by atoms with Crippen molar-refractivity contribution < 1.29 is 14.6 Å². The molecule has 1 atom stereocenters. The molecular formula is C12H14O3. The van der Waals surface area contributed by atoms with Crippen LogP contribution in [0.5, 0.6) is 0 Å². The van der Waals surface area contributed by atoms with Gasteiger partial charge in [-0.2, -0.15) is 0 Å². The van der Waals surface area contributed by atoms with Gasteiger partial charge in [-0.1, -0.05) is 36.4 Å². The Hall–Kier alpha value is -1.61. The van der Waals surface area contributed by atoms with Crippen molar-refractivity contribution in [1.82, 2.24) is 0 Å². The topological polar surface area (TPSA) is 46.5 Å². The predicted molar refractivity (Wildman–Crippen MR) is 57.3 cm³/mol. The number of hydrogen-bond acceptors (Lipinski definition) is 3. The lowest BCUT2D eigenvalue weighted by molar-refractivity contribution is -0.137. The molecule has 0 radical (unpaired) electrons. The number of esters is 1. The fourth-order valence-corrected chi connectivity index (χ4v) is 1.19. The molecule has 1 rings (SSSR count). The molecule has 0 aliphatic rings. The van der Waals surface area contributed by atoms with Crippen molar-refractivity contribution in [3.05, 3.63) is 47.5 Å². The van der Waals surface area contributed by atoms with Crippen molar-refractivity contribution in [2.75, 3.05) is 7.11 Å². The molecule has 0 saturated carbocycles. The van der Waals surface area contributed by atoms with E-state index in [1.807, 2.05) is 19.1 Å². The lowest BCUT2D eigenvalue weighted by atomic mass is 10.0. The summed E-state index contributed by atoms with van der Waals surface area (Å²) in [6.45, 7) is 5.45. The van der Waals surface area contributed by atoms with Gasteiger partial charge in [-0.05, 0) is 12.5 Å². The van der Waals surface area contributed by atoms with Gasteiger partial charge in [0.15, 0.2) is 0 Å². The minimum absolute atomic E-state index is 0.0429. The maximum absolute atomic E-state index is 11.1. The zero-order chi connectivity index (χ0) is 11.4. The smallest absolute Gasteiger partial charge is 0.336 e. The van der Waals surface area contributed by atoms with E-state index < -0.39 is 12.1 Å². The maximum atomic E-state index is 11.1. The summed E-state index contributed by atoms with van der Waals surface area (Å²) in [4.78, 5) is 11.1. The third-order valence-corrected chi connectivity index (χ3v) is 2.17. The first-order chi connectivity index (χ1) is 7.06. The van der Waals surface area contributed by atoms with Crippen molar-refractivity contribution in [3.63, 3.8) is 0 Å². The number of carbonyl (C=O) groups is 1. The minimum atomic E-state index is -1.00. The Bertz CT molecular complexity index is 365. The van der Waals surface area contributed by atoms with E-state index in [4.69, 9.17) is 0 Å². The first kappa shape index (κ1) is 11.5. The first-order valence-corrected chi connectivity index (χ1v) is 4.58. The van der Waals surface area contributed by atoms with Gasteiger partial charge < -0.3 is 9.84 Å². The zero-order valence-electron chi connectivity index (χ0n) is 8.86. The van der Waals surface area contributed by atoms with E-state index in [1.54, 1.807) is 12.1 Å². The van der Waals surface area contributed by atoms with Crippen LogP contribution in [0.2, 0.25) is 0 Å². The number of benzene rings is 1. The van der Waals surface area contributed by atoms with Crippen molar-refractivity contribution in [3.8, 4) is 0 Å². The summed E-state index contributed by atoms with van der Waals surface area (Å²) in [5.74, 6) is -0.594.